The first-order valence-corrected chi connectivity index (χ1v) is 9.91. The molecule has 1 aliphatic heterocycles. The molecule has 0 saturated carbocycles. The van der Waals surface area contributed by atoms with Gasteiger partial charge in [-0.25, -0.2) is 0 Å². The van der Waals surface area contributed by atoms with Crippen molar-refractivity contribution in [3.63, 3.8) is 0 Å². The molecule has 0 spiro atoms. The molecule has 5 heteroatoms. The van der Waals surface area contributed by atoms with Crippen molar-refractivity contribution >= 4 is 5.91 Å². The second kappa shape index (κ2) is 7.97. The van der Waals surface area contributed by atoms with Crippen molar-refractivity contribution in [2.45, 2.75) is 38.6 Å². The third kappa shape index (κ3) is 3.84. The first-order valence-electron chi connectivity index (χ1n) is 9.91. The number of hydrogen-bond acceptors (Lipinski definition) is 3. The van der Waals surface area contributed by atoms with E-state index in [4.69, 9.17) is 5.10 Å². The van der Waals surface area contributed by atoms with Gasteiger partial charge in [-0.2, -0.15) is 5.10 Å². The highest BCUT2D eigenvalue weighted by atomic mass is 16.2. The summed E-state index contributed by atoms with van der Waals surface area (Å²) in [6.07, 6.45) is 9.20. The number of likely N-dealkylation sites (tertiary alicyclic amines) is 1. The molecule has 144 valence electrons. The summed E-state index contributed by atoms with van der Waals surface area (Å²) in [5.74, 6) is 0.182. The monoisotopic (exact) mass is 374 g/mol. The molecular weight excluding hydrogens is 348 g/mol. The van der Waals surface area contributed by atoms with E-state index in [1.165, 1.54) is 5.56 Å². The van der Waals surface area contributed by atoms with Crippen molar-refractivity contribution in [1.29, 1.82) is 0 Å². The molecule has 1 atom stereocenters. The third-order valence-corrected chi connectivity index (χ3v) is 5.43. The summed E-state index contributed by atoms with van der Waals surface area (Å²) in [6.45, 7) is 2.86. The Morgan fingerprint density at radius 2 is 2.00 bits per heavy atom. The van der Waals surface area contributed by atoms with E-state index in [1.54, 1.807) is 12.4 Å². The van der Waals surface area contributed by atoms with Gasteiger partial charge in [-0.3, -0.25) is 14.5 Å². The molecule has 1 fully saturated rings. The van der Waals surface area contributed by atoms with Gasteiger partial charge in [0.1, 0.15) is 0 Å². The Morgan fingerprint density at radius 1 is 1.18 bits per heavy atom. The Morgan fingerprint density at radius 3 is 2.79 bits per heavy atom. The van der Waals surface area contributed by atoms with Gasteiger partial charge in [0, 0.05) is 37.7 Å². The SMILES string of the molecule is Cc1cccc(CC(=O)N2CCCC[C@H]2c2nn(C)cc2-c2ccncc2)c1. The maximum atomic E-state index is 13.2. The van der Waals surface area contributed by atoms with Crippen LogP contribution in [0.15, 0.2) is 55.0 Å². The Balaban J connectivity index is 1.64. The van der Waals surface area contributed by atoms with Gasteiger partial charge in [-0.1, -0.05) is 29.8 Å². The van der Waals surface area contributed by atoms with Gasteiger partial charge in [0.2, 0.25) is 5.91 Å². The minimum Gasteiger partial charge on any atom is -0.334 e. The van der Waals surface area contributed by atoms with E-state index in [0.717, 1.165) is 48.2 Å². The molecule has 28 heavy (non-hydrogen) atoms. The standard InChI is InChI=1S/C23H26N4O/c1-17-6-5-7-18(14-17)15-22(28)27-13-4-3-8-21(27)23-20(16-26(2)25-23)19-9-11-24-12-10-19/h5-7,9-12,14,16,21H,3-4,8,13,15H2,1-2H3/t21-/m0/s1. The number of nitrogens with zero attached hydrogens (tertiary/aromatic N) is 4. The topological polar surface area (TPSA) is 51.0 Å². The number of rotatable bonds is 4. The Hall–Kier alpha value is -2.95. The number of carbonyl (C=O) groups excluding carboxylic acids is 1. The molecule has 0 N–H and O–H groups in total. The van der Waals surface area contributed by atoms with Crippen molar-refractivity contribution in [3.05, 3.63) is 71.8 Å². The molecule has 0 radical (unpaired) electrons. The van der Waals surface area contributed by atoms with E-state index < -0.39 is 0 Å². The molecule has 3 aromatic rings. The molecule has 3 heterocycles. The van der Waals surface area contributed by atoms with Gasteiger partial charge in [-0.05, 0) is 49.4 Å². The van der Waals surface area contributed by atoms with E-state index >= 15 is 0 Å². The summed E-state index contributed by atoms with van der Waals surface area (Å²) in [5, 5.41) is 4.77. The minimum atomic E-state index is 0.0235. The molecule has 0 bridgehead atoms. The Labute approximate surface area is 166 Å². The molecule has 0 unspecified atom stereocenters. The average Bonchev–Trinajstić information content (AvgIpc) is 3.10. The number of pyridine rings is 1. The highest BCUT2D eigenvalue weighted by Gasteiger charge is 2.31. The van der Waals surface area contributed by atoms with Gasteiger partial charge >= 0.3 is 0 Å². The fourth-order valence-electron chi connectivity index (χ4n) is 4.12. The van der Waals surface area contributed by atoms with E-state index in [9.17, 15) is 4.79 Å². The number of aryl methyl sites for hydroxylation is 2. The predicted octanol–water partition coefficient (Wildman–Crippen LogP) is 4.09. The molecule has 0 aliphatic carbocycles. The predicted molar refractivity (Wildman–Crippen MR) is 110 cm³/mol. The van der Waals surface area contributed by atoms with Gasteiger partial charge in [0.05, 0.1) is 18.2 Å². The quantitative estimate of drug-likeness (QED) is 0.691. The smallest absolute Gasteiger partial charge is 0.227 e. The lowest BCUT2D eigenvalue weighted by molar-refractivity contribution is -0.134. The molecule has 1 aliphatic rings. The lowest BCUT2D eigenvalue weighted by Crippen LogP contribution is -2.39. The number of aromatic nitrogens is 3. The van der Waals surface area contributed by atoms with E-state index in [2.05, 4.69) is 24.0 Å². The molecule has 1 aromatic carbocycles. The van der Waals surface area contributed by atoms with E-state index in [-0.39, 0.29) is 11.9 Å². The molecular formula is C23H26N4O. The van der Waals surface area contributed by atoms with Gasteiger partial charge < -0.3 is 4.90 Å². The van der Waals surface area contributed by atoms with Gasteiger partial charge in [0.15, 0.2) is 0 Å². The Bertz CT molecular complexity index is 964. The number of hydrogen-bond donors (Lipinski definition) is 0. The first-order chi connectivity index (χ1) is 13.6. The second-order valence-electron chi connectivity index (χ2n) is 7.60. The average molecular weight is 374 g/mol. The zero-order valence-electron chi connectivity index (χ0n) is 16.5. The van der Waals surface area contributed by atoms with Crippen LogP contribution in [0.5, 0.6) is 0 Å². The van der Waals surface area contributed by atoms with Crippen molar-refractivity contribution in [2.24, 2.45) is 7.05 Å². The van der Waals surface area contributed by atoms with Crippen LogP contribution in [0.1, 0.15) is 42.1 Å². The fraction of sp³-hybridized carbons (Fsp3) is 0.348. The normalized spacial score (nSPS) is 16.9. The van der Waals surface area contributed by atoms with Crippen LogP contribution in [0.4, 0.5) is 0 Å². The van der Waals surface area contributed by atoms with E-state index in [1.807, 2.05) is 47.1 Å². The summed E-state index contributed by atoms with van der Waals surface area (Å²) in [7, 11) is 1.94. The van der Waals surface area contributed by atoms with Crippen molar-refractivity contribution in [1.82, 2.24) is 19.7 Å². The van der Waals surface area contributed by atoms with Gasteiger partial charge in [0.25, 0.3) is 0 Å². The van der Waals surface area contributed by atoms with Crippen LogP contribution in [0.3, 0.4) is 0 Å². The largest absolute Gasteiger partial charge is 0.334 e. The van der Waals surface area contributed by atoms with Crippen LogP contribution in [-0.2, 0) is 18.3 Å². The Kier molecular flexibility index (Phi) is 5.24. The molecule has 2 aromatic heterocycles. The lowest BCUT2D eigenvalue weighted by Gasteiger charge is -2.35. The lowest BCUT2D eigenvalue weighted by atomic mass is 9.94. The second-order valence-corrected chi connectivity index (χ2v) is 7.60. The molecule has 5 nitrogen and oxygen atoms in total. The number of amides is 1. The first kappa shape index (κ1) is 18.4. The third-order valence-electron chi connectivity index (χ3n) is 5.43. The van der Waals surface area contributed by atoms with Crippen LogP contribution < -0.4 is 0 Å². The summed E-state index contributed by atoms with van der Waals surface area (Å²) < 4.78 is 1.85. The maximum Gasteiger partial charge on any atom is 0.227 e. The zero-order chi connectivity index (χ0) is 19.5. The summed E-state index contributed by atoms with van der Waals surface area (Å²) in [4.78, 5) is 19.4. The van der Waals surface area contributed by atoms with Crippen molar-refractivity contribution < 1.29 is 4.79 Å². The fourth-order valence-corrected chi connectivity index (χ4v) is 4.12. The summed E-state index contributed by atoms with van der Waals surface area (Å²) in [6, 6.07) is 12.2. The molecule has 1 amide bonds. The van der Waals surface area contributed by atoms with Crippen LogP contribution >= 0.6 is 0 Å². The van der Waals surface area contributed by atoms with Crippen LogP contribution in [0.2, 0.25) is 0 Å². The number of benzene rings is 1. The zero-order valence-corrected chi connectivity index (χ0v) is 16.5. The number of carbonyl (C=O) groups is 1. The highest BCUT2D eigenvalue weighted by Crippen LogP contribution is 2.36. The molecule has 1 saturated heterocycles. The molecule has 4 rings (SSSR count). The summed E-state index contributed by atoms with van der Waals surface area (Å²) in [5.41, 5.74) is 5.43. The van der Waals surface area contributed by atoms with Crippen LogP contribution in [0, 0.1) is 6.92 Å². The van der Waals surface area contributed by atoms with Crippen molar-refractivity contribution in [2.75, 3.05) is 6.54 Å². The van der Waals surface area contributed by atoms with E-state index in [0.29, 0.717) is 6.42 Å². The highest BCUT2D eigenvalue weighted by molar-refractivity contribution is 5.80. The maximum absolute atomic E-state index is 13.2. The van der Waals surface area contributed by atoms with Gasteiger partial charge in [-0.15, -0.1) is 0 Å². The minimum absolute atomic E-state index is 0.0235. The van der Waals surface area contributed by atoms with Crippen molar-refractivity contribution in [3.8, 4) is 11.1 Å². The van der Waals surface area contributed by atoms with Crippen LogP contribution in [-0.4, -0.2) is 32.1 Å². The summed E-state index contributed by atoms with van der Waals surface area (Å²) >= 11 is 0. The number of piperidine rings is 1. The van der Waals surface area contributed by atoms with Crippen LogP contribution in [0.25, 0.3) is 11.1 Å².